The van der Waals surface area contributed by atoms with Crippen LogP contribution in [0, 0.1) is 0 Å². The Morgan fingerprint density at radius 1 is 1.62 bits per heavy atom. The maximum atomic E-state index is 5.99. The Kier molecular flexibility index (Phi) is 2.06. The molecule has 0 amide bonds. The van der Waals surface area contributed by atoms with Crippen molar-refractivity contribution in [2.24, 2.45) is 0 Å². The highest BCUT2D eigenvalue weighted by Gasteiger charge is 2.44. The Balaban J connectivity index is 2.18. The third-order valence-electron chi connectivity index (χ3n) is 2.60. The van der Waals surface area contributed by atoms with Gasteiger partial charge in [-0.3, -0.25) is 0 Å². The fraction of sp³-hybridized carbons (Fsp3) is 0.778. The predicted molar refractivity (Wildman–Crippen MR) is 49.8 cm³/mol. The zero-order chi connectivity index (χ0) is 9.47. The normalized spacial score (nSPS) is 21.5. The minimum atomic E-state index is -0.111. The van der Waals surface area contributed by atoms with Crippen LogP contribution < -0.4 is 0 Å². The van der Waals surface area contributed by atoms with Gasteiger partial charge < -0.3 is 4.52 Å². The molecule has 0 aliphatic heterocycles. The average molecular weight is 201 g/mol. The molecular weight excluding hydrogens is 188 g/mol. The van der Waals surface area contributed by atoms with Gasteiger partial charge in [-0.1, -0.05) is 19.0 Å². The standard InChI is InChI=1S/C9H13ClN2O/c1-3-6(10)7-11-8(13-12-7)9(2)4-5-9/h6H,3-5H2,1-2H3. The molecule has 2 rings (SSSR count). The van der Waals surface area contributed by atoms with Crippen LogP contribution in [0.3, 0.4) is 0 Å². The van der Waals surface area contributed by atoms with Crippen LogP contribution >= 0.6 is 11.6 Å². The molecule has 1 saturated carbocycles. The van der Waals surface area contributed by atoms with Crippen LogP contribution in [-0.2, 0) is 5.41 Å². The Morgan fingerprint density at radius 3 is 2.85 bits per heavy atom. The Labute approximate surface area is 82.5 Å². The van der Waals surface area contributed by atoms with Gasteiger partial charge in [0.25, 0.3) is 0 Å². The lowest BCUT2D eigenvalue weighted by Gasteiger charge is -1.98. The van der Waals surface area contributed by atoms with Crippen LogP contribution in [0.4, 0.5) is 0 Å². The Bertz CT molecular complexity index is 306. The molecule has 72 valence electrons. The first-order valence-corrected chi connectivity index (χ1v) is 5.07. The molecule has 0 bridgehead atoms. The monoisotopic (exact) mass is 200 g/mol. The van der Waals surface area contributed by atoms with Crippen LogP contribution in [0.25, 0.3) is 0 Å². The van der Waals surface area contributed by atoms with E-state index in [1.807, 2.05) is 6.92 Å². The highest BCUT2D eigenvalue weighted by molar-refractivity contribution is 6.20. The molecule has 4 heteroatoms. The van der Waals surface area contributed by atoms with Crippen LogP contribution in [0.15, 0.2) is 4.52 Å². The summed E-state index contributed by atoms with van der Waals surface area (Å²) in [4.78, 5) is 4.31. The summed E-state index contributed by atoms with van der Waals surface area (Å²) in [5.74, 6) is 1.38. The van der Waals surface area contributed by atoms with Crippen molar-refractivity contribution < 1.29 is 4.52 Å². The fourth-order valence-electron chi connectivity index (χ4n) is 1.19. The Hall–Kier alpha value is -0.570. The summed E-state index contributed by atoms with van der Waals surface area (Å²) < 4.78 is 5.17. The van der Waals surface area contributed by atoms with Crippen LogP contribution in [0.2, 0.25) is 0 Å². The summed E-state index contributed by atoms with van der Waals surface area (Å²) in [5, 5.41) is 3.76. The van der Waals surface area contributed by atoms with Crippen molar-refractivity contribution in [1.29, 1.82) is 0 Å². The first-order chi connectivity index (χ1) is 6.15. The number of aromatic nitrogens is 2. The molecule has 1 aliphatic carbocycles. The second-order valence-electron chi connectivity index (χ2n) is 3.89. The third-order valence-corrected chi connectivity index (χ3v) is 3.10. The van der Waals surface area contributed by atoms with Crippen molar-refractivity contribution in [2.75, 3.05) is 0 Å². The summed E-state index contributed by atoms with van der Waals surface area (Å²) >= 11 is 5.99. The second-order valence-corrected chi connectivity index (χ2v) is 4.42. The van der Waals surface area contributed by atoms with E-state index in [4.69, 9.17) is 16.1 Å². The first-order valence-electron chi connectivity index (χ1n) is 4.64. The van der Waals surface area contributed by atoms with E-state index in [2.05, 4.69) is 17.1 Å². The molecule has 1 atom stereocenters. The molecule has 0 spiro atoms. The highest BCUT2D eigenvalue weighted by atomic mass is 35.5. The summed E-state index contributed by atoms with van der Waals surface area (Å²) in [6, 6.07) is 0. The topological polar surface area (TPSA) is 38.9 Å². The van der Waals surface area contributed by atoms with E-state index >= 15 is 0 Å². The van der Waals surface area contributed by atoms with Crippen molar-refractivity contribution in [2.45, 2.75) is 43.9 Å². The molecule has 1 fully saturated rings. The van der Waals surface area contributed by atoms with E-state index in [1.165, 1.54) is 0 Å². The van der Waals surface area contributed by atoms with E-state index in [0.717, 1.165) is 25.2 Å². The number of nitrogens with zero attached hydrogens (tertiary/aromatic N) is 2. The third kappa shape index (κ3) is 1.57. The van der Waals surface area contributed by atoms with Crippen molar-refractivity contribution in [3.05, 3.63) is 11.7 Å². The van der Waals surface area contributed by atoms with Gasteiger partial charge in [-0.2, -0.15) is 4.98 Å². The smallest absolute Gasteiger partial charge is 0.232 e. The van der Waals surface area contributed by atoms with Gasteiger partial charge in [-0.25, -0.2) is 0 Å². The van der Waals surface area contributed by atoms with Gasteiger partial charge in [-0.05, 0) is 19.3 Å². The molecule has 0 aromatic carbocycles. The predicted octanol–water partition coefficient (Wildman–Crippen LogP) is 2.81. The lowest BCUT2D eigenvalue weighted by atomic mass is 10.1. The quantitative estimate of drug-likeness (QED) is 0.705. The molecule has 1 aliphatic rings. The van der Waals surface area contributed by atoms with Gasteiger partial charge in [0, 0.05) is 5.41 Å². The second kappa shape index (κ2) is 2.98. The molecule has 0 radical (unpaired) electrons. The summed E-state index contributed by atoms with van der Waals surface area (Å²) in [5.41, 5.74) is 0.148. The van der Waals surface area contributed by atoms with Gasteiger partial charge in [0.15, 0.2) is 5.82 Å². The number of hydrogen-bond acceptors (Lipinski definition) is 3. The maximum Gasteiger partial charge on any atom is 0.232 e. The fourth-order valence-corrected chi connectivity index (χ4v) is 1.28. The zero-order valence-electron chi connectivity index (χ0n) is 7.88. The SMILES string of the molecule is CCC(Cl)c1noc(C2(C)CC2)n1. The van der Waals surface area contributed by atoms with Gasteiger partial charge in [0.2, 0.25) is 5.89 Å². The van der Waals surface area contributed by atoms with Crippen molar-refractivity contribution in [3.63, 3.8) is 0 Å². The van der Waals surface area contributed by atoms with Gasteiger partial charge >= 0.3 is 0 Å². The molecule has 1 unspecified atom stereocenters. The minimum Gasteiger partial charge on any atom is -0.339 e. The van der Waals surface area contributed by atoms with Gasteiger partial charge in [0.1, 0.15) is 0 Å². The largest absolute Gasteiger partial charge is 0.339 e. The highest BCUT2D eigenvalue weighted by Crippen LogP contribution is 2.46. The molecule has 0 saturated heterocycles. The Morgan fingerprint density at radius 2 is 2.31 bits per heavy atom. The van der Waals surface area contributed by atoms with Crippen molar-refractivity contribution >= 4 is 11.6 Å². The van der Waals surface area contributed by atoms with E-state index in [1.54, 1.807) is 0 Å². The lowest BCUT2D eigenvalue weighted by molar-refractivity contribution is 0.348. The van der Waals surface area contributed by atoms with E-state index < -0.39 is 0 Å². The van der Waals surface area contributed by atoms with E-state index in [9.17, 15) is 0 Å². The van der Waals surface area contributed by atoms with Gasteiger partial charge in [0.05, 0.1) is 5.38 Å². The minimum absolute atomic E-state index is 0.111. The molecule has 1 heterocycles. The first kappa shape index (κ1) is 9.00. The number of rotatable bonds is 3. The lowest BCUT2D eigenvalue weighted by Crippen LogP contribution is -2.00. The number of halogens is 1. The molecule has 1 aromatic rings. The molecular formula is C9H13ClN2O. The summed E-state index contributed by atoms with van der Waals surface area (Å²) in [6.07, 6.45) is 3.12. The average Bonchev–Trinajstić information content (AvgIpc) is 2.72. The zero-order valence-corrected chi connectivity index (χ0v) is 8.64. The summed E-state index contributed by atoms with van der Waals surface area (Å²) in [7, 11) is 0. The molecule has 3 nitrogen and oxygen atoms in total. The van der Waals surface area contributed by atoms with Crippen LogP contribution in [0.5, 0.6) is 0 Å². The van der Waals surface area contributed by atoms with Gasteiger partial charge in [-0.15, -0.1) is 11.6 Å². The number of hydrogen-bond donors (Lipinski definition) is 0. The maximum absolute atomic E-state index is 5.99. The van der Waals surface area contributed by atoms with E-state index in [0.29, 0.717) is 5.82 Å². The van der Waals surface area contributed by atoms with E-state index in [-0.39, 0.29) is 10.8 Å². The van der Waals surface area contributed by atoms with Crippen LogP contribution in [-0.4, -0.2) is 10.1 Å². The summed E-state index contributed by atoms with van der Waals surface area (Å²) in [6.45, 7) is 4.14. The molecule has 1 aromatic heterocycles. The number of alkyl halides is 1. The van der Waals surface area contributed by atoms with Crippen molar-refractivity contribution in [1.82, 2.24) is 10.1 Å². The molecule has 13 heavy (non-hydrogen) atoms. The van der Waals surface area contributed by atoms with Crippen molar-refractivity contribution in [3.8, 4) is 0 Å². The van der Waals surface area contributed by atoms with Crippen LogP contribution in [0.1, 0.15) is 50.2 Å². The molecule has 0 N–H and O–H groups in total.